The number of benzene rings is 1. The molecule has 0 atom stereocenters. The molecule has 150 valence electrons. The van der Waals surface area contributed by atoms with Crippen LogP contribution < -0.4 is 15.8 Å². The van der Waals surface area contributed by atoms with E-state index in [1.165, 1.54) is 31.5 Å². The van der Waals surface area contributed by atoms with Gasteiger partial charge in [0.05, 0.1) is 12.2 Å². The van der Waals surface area contributed by atoms with E-state index >= 15 is 0 Å². The summed E-state index contributed by atoms with van der Waals surface area (Å²) >= 11 is 0. The third-order valence-electron chi connectivity index (χ3n) is 4.71. The van der Waals surface area contributed by atoms with Gasteiger partial charge in [0.25, 0.3) is 0 Å². The molecule has 0 bridgehead atoms. The quantitative estimate of drug-likeness (QED) is 0.426. The molecule has 0 spiro atoms. The minimum atomic E-state index is 0.170. The van der Waals surface area contributed by atoms with E-state index in [9.17, 15) is 0 Å². The third-order valence-corrected chi connectivity index (χ3v) is 4.71. The van der Waals surface area contributed by atoms with Crippen LogP contribution in [0.5, 0.6) is 6.01 Å². The molecule has 0 amide bonds. The van der Waals surface area contributed by atoms with Crippen molar-refractivity contribution in [2.75, 3.05) is 44.5 Å². The van der Waals surface area contributed by atoms with Crippen molar-refractivity contribution in [2.45, 2.75) is 25.9 Å². The van der Waals surface area contributed by atoms with E-state index in [0.29, 0.717) is 31.1 Å². The Hall–Kier alpha value is -2.71. The maximum absolute atomic E-state index is 7.59. The maximum atomic E-state index is 7.59. The Morgan fingerprint density at radius 2 is 1.86 bits per heavy atom. The molecule has 1 aliphatic rings. The minimum absolute atomic E-state index is 0.170. The van der Waals surface area contributed by atoms with Gasteiger partial charge < -0.3 is 25.9 Å². The lowest BCUT2D eigenvalue weighted by Gasteiger charge is -2.15. The molecule has 0 saturated carbocycles. The topological polar surface area (TPSA) is 109 Å². The molecular weight excluding hydrogens is 356 g/mol. The lowest BCUT2D eigenvalue weighted by Crippen LogP contribution is -2.18. The molecule has 4 N–H and O–H groups in total. The highest BCUT2D eigenvalue weighted by Crippen LogP contribution is 2.21. The van der Waals surface area contributed by atoms with Crippen LogP contribution in [-0.4, -0.2) is 54.5 Å². The van der Waals surface area contributed by atoms with Gasteiger partial charge in [-0.25, -0.2) is 0 Å². The Morgan fingerprint density at radius 1 is 1.14 bits per heavy atom. The van der Waals surface area contributed by atoms with Crippen LogP contribution in [0.4, 0.5) is 11.6 Å². The van der Waals surface area contributed by atoms with Gasteiger partial charge in [-0.1, -0.05) is 24.3 Å². The number of hydrogen-bond donors (Lipinski definition) is 3. The number of nitrogens with one attached hydrogen (secondary N) is 2. The Bertz CT molecular complexity index is 775. The van der Waals surface area contributed by atoms with Gasteiger partial charge in [-0.15, -0.1) is 0 Å². The van der Waals surface area contributed by atoms with E-state index in [2.05, 4.69) is 44.5 Å². The van der Waals surface area contributed by atoms with Gasteiger partial charge in [0.15, 0.2) is 0 Å². The monoisotopic (exact) mass is 384 g/mol. The number of hydrogen-bond acceptors (Lipinski definition) is 8. The Labute approximate surface area is 165 Å². The first-order chi connectivity index (χ1) is 13.7. The summed E-state index contributed by atoms with van der Waals surface area (Å²) in [4.78, 5) is 10.9. The number of nitrogen functional groups attached to an aromatic ring is 1. The maximum Gasteiger partial charge on any atom is 0.320 e. The second-order valence-electron chi connectivity index (χ2n) is 6.79. The van der Waals surface area contributed by atoms with Crippen LogP contribution in [0.15, 0.2) is 24.3 Å². The van der Waals surface area contributed by atoms with Crippen LogP contribution in [0.2, 0.25) is 0 Å². The predicted octanol–water partition coefficient (Wildman–Crippen LogP) is 2.29. The van der Waals surface area contributed by atoms with Crippen LogP contribution in [0.1, 0.15) is 29.5 Å². The molecule has 1 aliphatic heterocycles. The van der Waals surface area contributed by atoms with Gasteiger partial charge in [-0.3, -0.25) is 4.90 Å². The standard InChI is InChI=1S/C20H28N6O2/c1-27-10-11-28-20-24-18(22)17(12-21)19(25-20)23-13-15-4-6-16(7-5-15)14-26-8-2-3-9-26/h4-7,12,21H,2-3,8-11,13-14H2,1H3,(H3,22,23,24,25). The van der Waals surface area contributed by atoms with E-state index in [4.69, 9.17) is 20.6 Å². The molecular formula is C20H28N6O2. The average Bonchev–Trinajstić information content (AvgIpc) is 3.20. The first-order valence-corrected chi connectivity index (χ1v) is 9.53. The van der Waals surface area contributed by atoms with E-state index in [1.807, 2.05) is 0 Å². The Kier molecular flexibility index (Phi) is 7.16. The van der Waals surface area contributed by atoms with Crippen molar-refractivity contribution < 1.29 is 9.47 Å². The molecule has 1 aromatic carbocycles. The van der Waals surface area contributed by atoms with Gasteiger partial charge in [0.2, 0.25) is 0 Å². The van der Waals surface area contributed by atoms with E-state index in [-0.39, 0.29) is 11.8 Å². The number of rotatable bonds is 10. The molecule has 3 rings (SSSR count). The number of likely N-dealkylation sites (tertiary alicyclic amines) is 1. The zero-order valence-corrected chi connectivity index (χ0v) is 16.3. The first kappa shape index (κ1) is 20.0. The highest BCUT2D eigenvalue weighted by molar-refractivity contribution is 5.90. The Morgan fingerprint density at radius 3 is 2.54 bits per heavy atom. The lowest BCUT2D eigenvalue weighted by atomic mass is 10.1. The summed E-state index contributed by atoms with van der Waals surface area (Å²) in [5.41, 5.74) is 8.84. The summed E-state index contributed by atoms with van der Waals surface area (Å²) < 4.78 is 10.4. The summed E-state index contributed by atoms with van der Waals surface area (Å²) in [6, 6.07) is 8.73. The second-order valence-corrected chi connectivity index (χ2v) is 6.79. The SMILES string of the molecule is COCCOc1nc(N)c(C=N)c(NCc2ccc(CN3CCCC3)cc2)n1. The fourth-order valence-electron chi connectivity index (χ4n) is 3.17. The number of nitrogens with two attached hydrogens (primary N) is 1. The molecule has 0 aliphatic carbocycles. The fourth-order valence-corrected chi connectivity index (χ4v) is 3.17. The highest BCUT2D eigenvalue weighted by atomic mass is 16.5. The largest absolute Gasteiger partial charge is 0.461 e. The van der Waals surface area contributed by atoms with Crippen molar-refractivity contribution in [3.8, 4) is 6.01 Å². The first-order valence-electron chi connectivity index (χ1n) is 9.53. The zero-order valence-electron chi connectivity index (χ0n) is 16.3. The van der Waals surface area contributed by atoms with E-state index in [1.54, 1.807) is 7.11 Å². The summed E-state index contributed by atoms with van der Waals surface area (Å²) in [6.45, 7) is 4.73. The van der Waals surface area contributed by atoms with Gasteiger partial charge >= 0.3 is 6.01 Å². The summed E-state index contributed by atoms with van der Waals surface area (Å²) in [7, 11) is 1.60. The fraction of sp³-hybridized carbons (Fsp3) is 0.450. The molecule has 8 heteroatoms. The predicted molar refractivity (Wildman–Crippen MR) is 110 cm³/mol. The van der Waals surface area contributed by atoms with Crippen molar-refractivity contribution in [3.63, 3.8) is 0 Å². The van der Waals surface area contributed by atoms with Crippen molar-refractivity contribution in [1.82, 2.24) is 14.9 Å². The molecule has 8 nitrogen and oxygen atoms in total. The molecule has 1 saturated heterocycles. The normalized spacial score (nSPS) is 14.2. The number of methoxy groups -OCH3 is 1. The number of nitrogens with zero attached hydrogens (tertiary/aromatic N) is 3. The summed E-state index contributed by atoms with van der Waals surface area (Å²) in [5, 5.41) is 10.8. The van der Waals surface area contributed by atoms with Crippen LogP contribution in [-0.2, 0) is 17.8 Å². The lowest BCUT2D eigenvalue weighted by molar-refractivity contribution is 0.141. The van der Waals surface area contributed by atoms with Crippen molar-refractivity contribution in [1.29, 1.82) is 5.41 Å². The van der Waals surface area contributed by atoms with Crippen molar-refractivity contribution >= 4 is 17.9 Å². The molecule has 1 fully saturated rings. The number of anilines is 2. The number of ether oxygens (including phenoxy) is 2. The van der Waals surface area contributed by atoms with Crippen molar-refractivity contribution in [3.05, 3.63) is 41.0 Å². The average molecular weight is 384 g/mol. The summed E-state index contributed by atoms with van der Waals surface area (Å²) in [6.07, 6.45) is 3.75. The van der Waals surface area contributed by atoms with Crippen LogP contribution in [0.3, 0.4) is 0 Å². The minimum Gasteiger partial charge on any atom is -0.461 e. The van der Waals surface area contributed by atoms with Crippen LogP contribution >= 0.6 is 0 Å². The molecule has 2 heterocycles. The zero-order chi connectivity index (χ0) is 19.8. The van der Waals surface area contributed by atoms with Gasteiger partial charge in [0, 0.05) is 26.4 Å². The molecule has 2 aromatic rings. The van der Waals surface area contributed by atoms with Gasteiger partial charge in [-0.05, 0) is 37.1 Å². The van der Waals surface area contributed by atoms with Crippen molar-refractivity contribution in [2.24, 2.45) is 0 Å². The van der Waals surface area contributed by atoms with Crippen LogP contribution in [0, 0.1) is 5.41 Å². The van der Waals surface area contributed by atoms with E-state index in [0.717, 1.165) is 18.3 Å². The number of aromatic nitrogens is 2. The van der Waals surface area contributed by atoms with E-state index < -0.39 is 0 Å². The molecule has 0 unspecified atom stereocenters. The third kappa shape index (κ3) is 5.40. The molecule has 28 heavy (non-hydrogen) atoms. The smallest absolute Gasteiger partial charge is 0.320 e. The van der Waals surface area contributed by atoms with Gasteiger partial charge in [-0.2, -0.15) is 9.97 Å². The molecule has 1 aromatic heterocycles. The molecule has 0 radical (unpaired) electrons. The Balaban J connectivity index is 1.62. The summed E-state index contributed by atoms with van der Waals surface area (Å²) in [5.74, 6) is 0.692. The van der Waals surface area contributed by atoms with Gasteiger partial charge in [0.1, 0.15) is 18.2 Å². The highest BCUT2D eigenvalue weighted by Gasteiger charge is 2.13. The second kappa shape index (κ2) is 10.0. The van der Waals surface area contributed by atoms with Crippen LogP contribution in [0.25, 0.3) is 0 Å².